The third-order valence-electron chi connectivity index (χ3n) is 4.15. The van der Waals surface area contributed by atoms with E-state index in [1.54, 1.807) is 11.0 Å². The zero-order valence-electron chi connectivity index (χ0n) is 16.1. The van der Waals surface area contributed by atoms with Gasteiger partial charge in [0.05, 0.1) is 13.0 Å². The van der Waals surface area contributed by atoms with Gasteiger partial charge in [0.25, 0.3) is 0 Å². The number of hydrogen-bond acceptors (Lipinski definition) is 5. The van der Waals surface area contributed by atoms with Crippen molar-refractivity contribution < 1.29 is 19.1 Å². The van der Waals surface area contributed by atoms with Gasteiger partial charge in [-0.05, 0) is 37.2 Å². The average Bonchev–Trinajstić information content (AvgIpc) is 2.67. The topological polar surface area (TPSA) is 87.7 Å². The van der Waals surface area contributed by atoms with E-state index in [0.29, 0.717) is 26.1 Å². The third kappa shape index (κ3) is 6.45. The fourth-order valence-corrected chi connectivity index (χ4v) is 2.98. The number of aryl methyl sites for hydroxylation is 1. The zero-order chi connectivity index (χ0) is 20.5. The van der Waals surface area contributed by atoms with Gasteiger partial charge < -0.3 is 15.0 Å². The predicted molar refractivity (Wildman–Crippen MR) is 110 cm³/mol. The first-order valence-electron chi connectivity index (χ1n) is 9.20. The van der Waals surface area contributed by atoms with E-state index in [1.807, 2.05) is 38.1 Å². The van der Waals surface area contributed by atoms with Crippen molar-refractivity contribution in [1.82, 2.24) is 15.5 Å². The maximum atomic E-state index is 12.2. The van der Waals surface area contributed by atoms with E-state index in [9.17, 15) is 14.4 Å². The molecule has 1 atom stereocenters. The number of thiocarbonyl (C=S) groups is 1. The first-order valence-corrected chi connectivity index (χ1v) is 9.61. The minimum absolute atomic E-state index is 0.113. The van der Waals surface area contributed by atoms with Gasteiger partial charge in [-0.3, -0.25) is 19.7 Å². The van der Waals surface area contributed by atoms with Crippen molar-refractivity contribution in [1.29, 1.82) is 0 Å². The molecule has 0 saturated carbocycles. The largest absolute Gasteiger partial charge is 0.466 e. The molecule has 1 fully saturated rings. The second-order valence-electron chi connectivity index (χ2n) is 6.46. The molecular weight excluding hydrogens is 378 g/mol. The van der Waals surface area contributed by atoms with Crippen LogP contribution in [-0.4, -0.2) is 53.5 Å². The molecule has 2 amide bonds. The average molecular weight is 404 g/mol. The number of nitrogens with one attached hydrogen (secondary N) is 2. The Labute approximate surface area is 170 Å². The van der Waals surface area contributed by atoms with E-state index in [0.717, 1.165) is 11.1 Å². The molecule has 28 heavy (non-hydrogen) atoms. The van der Waals surface area contributed by atoms with E-state index in [2.05, 4.69) is 10.6 Å². The highest BCUT2D eigenvalue weighted by Crippen LogP contribution is 2.11. The summed E-state index contributed by atoms with van der Waals surface area (Å²) in [5.41, 5.74) is 2.02. The number of carbonyl (C=O) groups is 3. The van der Waals surface area contributed by atoms with Gasteiger partial charge in [0.15, 0.2) is 5.11 Å². The lowest BCUT2D eigenvalue weighted by atomic mass is 10.1. The van der Waals surface area contributed by atoms with Crippen LogP contribution < -0.4 is 10.6 Å². The first-order chi connectivity index (χ1) is 13.4. The lowest BCUT2D eigenvalue weighted by Gasteiger charge is -2.36. The molecule has 2 rings (SSSR count). The Hall–Kier alpha value is -2.74. The summed E-state index contributed by atoms with van der Waals surface area (Å²) >= 11 is 5.30. The molecule has 1 heterocycles. The molecule has 0 aliphatic carbocycles. The molecule has 0 bridgehead atoms. The summed E-state index contributed by atoms with van der Waals surface area (Å²) in [6.45, 7) is 4.97. The summed E-state index contributed by atoms with van der Waals surface area (Å²) in [7, 11) is 0. The lowest BCUT2D eigenvalue weighted by molar-refractivity contribution is -0.147. The smallest absolute Gasteiger partial charge is 0.308 e. The monoisotopic (exact) mass is 403 g/mol. The van der Waals surface area contributed by atoms with Gasteiger partial charge in [-0.15, -0.1) is 0 Å². The van der Waals surface area contributed by atoms with E-state index in [4.69, 9.17) is 17.0 Å². The van der Waals surface area contributed by atoms with Crippen molar-refractivity contribution in [3.63, 3.8) is 0 Å². The van der Waals surface area contributed by atoms with Crippen LogP contribution in [0.15, 0.2) is 30.3 Å². The molecule has 1 aliphatic heterocycles. The molecule has 1 saturated heterocycles. The third-order valence-corrected chi connectivity index (χ3v) is 4.49. The summed E-state index contributed by atoms with van der Waals surface area (Å²) < 4.78 is 5.06. The maximum absolute atomic E-state index is 12.2. The highest BCUT2D eigenvalue weighted by molar-refractivity contribution is 7.80. The summed E-state index contributed by atoms with van der Waals surface area (Å²) in [6, 6.07) is 6.93. The Morgan fingerprint density at radius 3 is 2.75 bits per heavy atom. The van der Waals surface area contributed by atoms with Gasteiger partial charge in [-0.2, -0.15) is 0 Å². The second kappa shape index (κ2) is 10.6. The SMILES string of the molecule is CCCOC(=O)CC1C(=O)NCCN1C(=S)NC(=O)/C=C/c1ccc(C)cc1. The van der Waals surface area contributed by atoms with Gasteiger partial charge >= 0.3 is 5.97 Å². The summed E-state index contributed by atoms with van der Waals surface area (Å²) in [5, 5.41) is 5.42. The van der Waals surface area contributed by atoms with E-state index in [1.165, 1.54) is 6.08 Å². The van der Waals surface area contributed by atoms with Gasteiger partial charge in [0.1, 0.15) is 6.04 Å². The maximum Gasteiger partial charge on any atom is 0.308 e. The summed E-state index contributed by atoms with van der Waals surface area (Å²) in [6.07, 6.45) is 3.64. The fraction of sp³-hybridized carbons (Fsp3) is 0.400. The van der Waals surface area contributed by atoms with Crippen LogP contribution in [0.3, 0.4) is 0 Å². The van der Waals surface area contributed by atoms with Crippen molar-refractivity contribution in [2.24, 2.45) is 0 Å². The van der Waals surface area contributed by atoms with Crippen molar-refractivity contribution in [3.05, 3.63) is 41.5 Å². The molecule has 0 radical (unpaired) electrons. The van der Waals surface area contributed by atoms with Crippen molar-refractivity contribution in [3.8, 4) is 0 Å². The van der Waals surface area contributed by atoms with Crippen LogP contribution in [0.2, 0.25) is 0 Å². The Morgan fingerprint density at radius 2 is 2.07 bits per heavy atom. The van der Waals surface area contributed by atoms with Crippen LogP contribution in [0, 0.1) is 6.92 Å². The minimum Gasteiger partial charge on any atom is -0.466 e. The fourth-order valence-electron chi connectivity index (χ4n) is 2.66. The molecular formula is C20H25N3O4S. The Balaban J connectivity index is 1.97. The lowest BCUT2D eigenvalue weighted by Crippen LogP contribution is -2.60. The Morgan fingerprint density at radius 1 is 1.36 bits per heavy atom. The number of rotatable bonds is 6. The molecule has 1 aromatic carbocycles. The van der Waals surface area contributed by atoms with Gasteiger partial charge in [-0.25, -0.2) is 0 Å². The van der Waals surface area contributed by atoms with Gasteiger partial charge in [0, 0.05) is 19.2 Å². The number of ether oxygens (including phenoxy) is 1. The second-order valence-corrected chi connectivity index (χ2v) is 6.85. The van der Waals surface area contributed by atoms with E-state index >= 15 is 0 Å². The van der Waals surface area contributed by atoms with Crippen LogP contribution in [0.25, 0.3) is 6.08 Å². The van der Waals surface area contributed by atoms with Gasteiger partial charge in [-0.1, -0.05) is 36.8 Å². The van der Waals surface area contributed by atoms with Crippen LogP contribution in [-0.2, 0) is 19.1 Å². The molecule has 1 aliphatic rings. The standard InChI is InChI=1S/C20H25N3O4S/c1-3-12-27-18(25)13-16-19(26)21-10-11-23(16)20(28)22-17(24)9-8-15-6-4-14(2)5-7-15/h4-9,16H,3,10-13H2,1-2H3,(H,21,26)(H,22,24,28)/b9-8+. The van der Waals surface area contributed by atoms with E-state index < -0.39 is 17.9 Å². The highest BCUT2D eigenvalue weighted by Gasteiger charge is 2.34. The van der Waals surface area contributed by atoms with Crippen LogP contribution in [0.5, 0.6) is 0 Å². The molecule has 1 aromatic rings. The molecule has 2 N–H and O–H groups in total. The number of amides is 2. The molecule has 0 aromatic heterocycles. The number of esters is 1. The Kier molecular flexibility index (Phi) is 8.13. The van der Waals surface area contributed by atoms with Crippen molar-refractivity contribution in [2.45, 2.75) is 32.7 Å². The number of benzene rings is 1. The van der Waals surface area contributed by atoms with Crippen LogP contribution >= 0.6 is 12.2 Å². The summed E-state index contributed by atoms with van der Waals surface area (Å²) in [5.74, 6) is -1.18. The number of carbonyl (C=O) groups excluding carboxylic acids is 3. The number of nitrogens with zero attached hydrogens (tertiary/aromatic N) is 1. The summed E-state index contributed by atoms with van der Waals surface area (Å²) in [4.78, 5) is 37.9. The zero-order valence-corrected chi connectivity index (χ0v) is 16.9. The molecule has 7 nitrogen and oxygen atoms in total. The Bertz CT molecular complexity index is 761. The minimum atomic E-state index is -0.799. The van der Waals surface area contributed by atoms with Crippen LogP contribution in [0.1, 0.15) is 30.9 Å². The molecule has 8 heteroatoms. The number of piperazine rings is 1. The normalized spacial score (nSPS) is 16.6. The molecule has 0 spiro atoms. The van der Waals surface area contributed by atoms with Crippen LogP contribution in [0.4, 0.5) is 0 Å². The predicted octanol–water partition coefficient (Wildman–Crippen LogP) is 1.55. The quantitative estimate of drug-likeness (QED) is 0.426. The number of hydrogen-bond donors (Lipinski definition) is 2. The van der Waals surface area contributed by atoms with Crippen molar-refractivity contribution >= 4 is 41.2 Å². The molecule has 1 unspecified atom stereocenters. The van der Waals surface area contributed by atoms with Crippen molar-refractivity contribution in [2.75, 3.05) is 19.7 Å². The molecule has 150 valence electrons. The highest BCUT2D eigenvalue weighted by atomic mass is 32.1. The van der Waals surface area contributed by atoms with E-state index in [-0.39, 0.29) is 17.4 Å². The van der Waals surface area contributed by atoms with Gasteiger partial charge in [0.2, 0.25) is 11.8 Å². The first kappa shape index (κ1) is 21.6.